The molecule has 5 nitrogen and oxygen atoms in total. The van der Waals surface area contributed by atoms with Gasteiger partial charge in [-0.1, -0.05) is 32.4 Å². The van der Waals surface area contributed by atoms with Gasteiger partial charge in [-0.25, -0.2) is 9.78 Å². The molecular weight excluding hydrogens is 256 g/mol. The zero-order valence-corrected chi connectivity index (χ0v) is 11.4. The molecule has 1 heterocycles. The van der Waals surface area contributed by atoms with Crippen LogP contribution in [-0.2, 0) is 4.74 Å². The quantitative estimate of drug-likeness (QED) is 0.914. The first kappa shape index (κ1) is 14.6. The fourth-order valence-electron chi connectivity index (χ4n) is 1.21. The van der Waals surface area contributed by atoms with E-state index in [1.807, 2.05) is 20.8 Å². The van der Waals surface area contributed by atoms with Gasteiger partial charge in [0.05, 0.1) is 0 Å². The molecule has 0 unspecified atom stereocenters. The molecule has 0 aliphatic heterocycles. The standard InChI is InChI=1S/C12H17ClN2O3/c1-12(2,3)9(7-17-11(14)16)18-10-6-8(13)4-5-15-10/h4-6,9H,7H2,1-3H3,(H2,14,16)/t9-/m0/s1. The van der Waals surface area contributed by atoms with E-state index in [9.17, 15) is 4.79 Å². The Morgan fingerprint density at radius 2 is 2.22 bits per heavy atom. The largest absolute Gasteiger partial charge is 0.470 e. The molecule has 0 aliphatic carbocycles. The molecule has 1 aromatic heterocycles. The van der Waals surface area contributed by atoms with E-state index in [-0.39, 0.29) is 18.1 Å². The van der Waals surface area contributed by atoms with E-state index in [2.05, 4.69) is 4.98 Å². The summed E-state index contributed by atoms with van der Waals surface area (Å²) in [6.45, 7) is 5.96. The van der Waals surface area contributed by atoms with Crippen molar-refractivity contribution in [3.05, 3.63) is 23.4 Å². The highest BCUT2D eigenvalue weighted by Crippen LogP contribution is 2.25. The zero-order chi connectivity index (χ0) is 13.8. The molecule has 0 saturated heterocycles. The van der Waals surface area contributed by atoms with Crippen molar-refractivity contribution < 1.29 is 14.3 Å². The molecule has 0 spiro atoms. The molecule has 18 heavy (non-hydrogen) atoms. The van der Waals surface area contributed by atoms with Crippen LogP contribution in [0.5, 0.6) is 5.88 Å². The van der Waals surface area contributed by atoms with E-state index in [0.717, 1.165) is 0 Å². The second-order valence-electron chi connectivity index (χ2n) is 4.91. The van der Waals surface area contributed by atoms with Gasteiger partial charge in [-0.3, -0.25) is 0 Å². The molecule has 0 fully saturated rings. The lowest BCUT2D eigenvalue weighted by molar-refractivity contribution is 0.0212. The monoisotopic (exact) mass is 272 g/mol. The molecule has 1 aromatic rings. The summed E-state index contributed by atoms with van der Waals surface area (Å²) in [5.41, 5.74) is 4.71. The molecular formula is C12H17ClN2O3. The first-order valence-corrected chi connectivity index (χ1v) is 5.87. The van der Waals surface area contributed by atoms with E-state index in [1.165, 1.54) is 0 Å². The molecule has 0 radical (unpaired) electrons. The van der Waals surface area contributed by atoms with Crippen LogP contribution in [0.2, 0.25) is 5.02 Å². The van der Waals surface area contributed by atoms with Gasteiger partial charge in [0.1, 0.15) is 12.7 Å². The Hall–Kier alpha value is -1.49. The molecule has 100 valence electrons. The Balaban J connectivity index is 2.75. The molecule has 1 atom stereocenters. The topological polar surface area (TPSA) is 74.4 Å². The van der Waals surface area contributed by atoms with Crippen molar-refractivity contribution in [2.45, 2.75) is 26.9 Å². The summed E-state index contributed by atoms with van der Waals surface area (Å²) in [5, 5.41) is 0.531. The van der Waals surface area contributed by atoms with Crippen molar-refractivity contribution in [2.24, 2.45) is 11.1 Å². The van der Waals surface area contributed by atoms with Crippen molar-refractivity contribution >= 4 is 17.7 Å². The number of nitrogens with two attached hydrogens (primary N) is 1. The third kappa shape index (κ3) is 4.79. The predicted octanol–water partition coefficient (Wildman–Crippen LogP) is 2.62. The van der Waals surface area contributed by atoms with E-state index in [1.54, 1.807) is 18.3 Å². The number of hydrogen-bond acceptors (Lipinski definition) is 4. The van der Waals surface area contributed by atoms with Crippen molar-refractivity contribution in [3.8, 4) is 5.88 Å². The van der Waals surface area contributed by atoms with Crippen LogP contribution in [-0.4, -0.2) is 23.8 Å². The Morgan fingerprint density at radius 1 is 1.56 bits per heavy atom. The molecule has 0 aromatic carbocycles. The minimum absolute atomic E-state index is 0.0625. The highest BCUT2D eigenvalue weighted by molar-refractivity contribution is 6.30. The first-order valence-electron chi connectivity index (χ1n) is 5.49. The number of halogens is 1. The smallest absolute Gasteiger partial charge is 0.404 e. The lowest BCUT2D eigenvalue weighted by Crippen LogP contribution is -2.38. The Kier molecular flexibility index (Phi) is 4.78. The molecule has 1 rings (SSSR count). The van der Waals surface area contributed by atoms with Gasteiger partial charge in [-0.15, -0.1) is 0 Å². The minimum atomic E-state index is -0.827. The van der Waals surface area contributed by atoms with Crippen molar-refractivity contribution in [1.29, 1.82) is 0 Å². The van der Waals surface area contributed by atoms with Crippen LogP contribution >= 0.6 is 11.6 Å². The zero-order valence-electron chi connectivity index (χ0n) is 10.6. The summed E-state index contributed by atoms with van der Waals surface area (Å²) in [4.78, 5) is 14.7. The summed E-state index contributed by atoms with van der Waals surface area (Å²) >= 11 is 5.84. The van der Waals surface area contributed by atoms with E-state index in [0.29, 0.717) is 10.9 Å². The molecule has 6 heteroatoms. The third-order valence-electron chi connectivity index (χ3n) is 2.30. The van der Waals surface area contributed by atoms with Crippen LogP contribution in [0, 0.1) is 5.41 Å². The fraction of sp³-hybridized carbons (Fsp3) is 0.500. The first-order chi connectivity index (χ1) is 8.29. The van der Waals surface area contributed by atoms with Crippen LogP contribution < -0.4 is 10.5 Å². The van der Waals surface area contributed by atoms with Gasteiger partial charge in [0.2, 0.25) is 5.88 Å². The normalized spacial score (nSPS) is 12.9. The second kappa shape index (κ2) is 5.91. The number of carbonyl (C=O) groups excluding carboxylic acids is 1. The van der Waals surface area contributed by atoms with Crippen LogP contribution in [0.3, 0.4) is 0 Å². The molecule has 2 N–H and O–H groups in total. The third-order valence-corrected chi connectivity index (χ3v) is 2.54. The molecule has 0 bridgehead atoms. The maximum Gasteiger partial charge on any atom is 0.404 e. The van der Waals surface area contributed by atoms with Gasteiger partial charge in [0.15, 0.2) is 0 Å². The summed E-state index contributed by atoms with van der Waals surface area (Å²) in [7, 11) is 0. The van der Waals surface area contributed by atoms with E-state index in [4.69, 9.17) is 26.8 Å². The Labute approximate surface area is 111 Å². The maximum atomic E-state index is 10.6. The van der Waals surface area contributed by atoms with Crippen molar-refractivity contribution in [1.82, 2.24) is 4.98 Å². The molecule has 0 aliphatic rings. The van der Waals surface area contributed by atoms with E-state index < -0.39 is 6.09 Å². The number of hydrogen-bond donors (Lipinski definition) is 1. The Morgan fingerprint density at radius 3 is 2.72 bits per heavy atom. The van der Waals surface area contributed by atoms with Crippen LogP contribution in [0.1, 0.15) is 20.8 Å². The summed E-state index contributed by atoms with van der Waals surface area (Å²) < 4.78 is 10.5. The molecule has 1 amide bonds. The van der Waals surface area contributed by atoms with Crippen molar-refractivity contribution in [2.75, 3.05) is 6.61 Å². The number of nitrogens with zero attached hydrogens (tertiary/aromatic N) is 1. The number of amides is 1. The average molecular weight is 273 g/mol. The molecule has 0 saturated carbocycles. The maximum absolute atomic E-state index is 10.6. The fourth-order valence-corrected chi connectivity index (χ4v) is 1.36. The lowest BCUT2D eigenvalue weighted by Gasteiger charge is -2.29. The lowest BCUT2D eigenvalue weighted by atomic mass is 9.89. The summed E-state index contributed by atoms with van der Waals surface area (Å²) in [5.74, 6) is 0.385. The average Bonchev–Trinajstić information content (AvgIpc) is 2.22. The van der Waals surface area contributed by atoms with E-state index >= 15 is 0 Å². The number of primary amides is 1. The highest BCUT2D eigenvalue weighted by Gasteiger charge is 2.28. The predicted molar refractivity (Wildman–Crippen MR) is 68.7 cm³/mol. The summed E-state index contributed by atoms with van der Waals surface area (Å²) in [6.07, 6.45) is 0.356. The van der Waals surface area contributed by atoms with Gasteiger partial charge in [0.25, 0.3) is 0 Å². The SMILES string of the molecule is CC(C)(C)[C@H](COC(N)=O)Oc1cc(Cl)ccn1. The van der Waals surface area contributed by atoms with Gasteiger partial charge in [0, 0.05) is 22.7 Å². The minimum Gasteiger partial charge on any atom is -0.470 e. The second-order valence-corrected chi connectivity index (χ2v) is 5.35. The number of pyridine rings is 1. The number of rotatable bonds is 4. The Bertz CT molecular complexity index is 418. The number of carbonyl (C=O) groups is 1. The highest BCUT2D eigenvalue weighted by atomic mass is 35.5. The summed E-state index contributed by atoms with van der Waals surface area (Å²) in [6, 6.07) is 3.25. The van der Waals surface area contributed by atoms with Crippen LogP contribution in [0.25, 0.3) is 0 Å². The van der Waals surface area contributed by atoms with Crippen LogP contribution in [0.15, 0.2) is 18.3 Å². The van der Waals surface area contributed by atoms with Crippen molar-refractivity contribution in [3.63, 3.8) is 0 Å². The number of aromatic nitrogens is 1. The van der Waals surface area contributed by atoms with Gasteiger partial charge >= 0.3 is 6.09 Å². The van der Waals surface area contributed by atoms with Gasteiger partial charge < -0.3 is 15.2 Å². The van der Waals surface area contributed by atoms with Gasteiger partial charge in [-0.05, 0) is 6.07 Å². The van der Waals surface area contributed by atoms with Crippen LogP contribution in [0.4, 0.5) is 4.79 Å². The van der Waals surface area contributed by atoms with Gasteiger partial charge in [-0.2, -0.15) is 0 Å². The number of ether oxygens (including phenoxy) is 2.